The second kappa shape index (κ2) is 9.46. The van der Waals surface area contributed by atoms with Gasteiger partial charge in [-0.3, -0.25) is 4.79 Å². The van der Waals surface area contributed by atoms with Crippen LogP contribution in [0.4, 0.5) is 13.2 Å². The van der Waals surface area contributed by atoms with Gasteiger partial charge in [-0.15, -0.1) is 0 Å². The number of carbonyl (C=O) groups excluding carboxylic acids is 2. The van der Waals surface area contributed by atoms with Crippen molar-refractivity contribution in [3.8, 4) is 5.75 Å². The normalized spacial score (nSPS) is 16.1. The van der Waals surface area contributed by atoms with Gasteiger partial charge >= 0.3 is 12.1 Å². The van der Waals surface area contributed by atoms with E-state index in [1.54, 1.807) is 29.2 Å². The first kappa shape index (κ1) is 23.4. The average molecular weight is 475 g/mol. The Labute approximate surface area is 186 Å². The van der Waals surface area contributed by atoms with E-state index in [4.69, 9.17) is 28.9 Å². The van der Waals surface area contributed by atoms with Gasteiger partial charge in [-0.25, -0.2) is 4.79 Å². The molecule has 0 saturated carbocycles. The number of carbonyl (C=O) groups is 2. The quantitative estimate of drug-likeness (QED) is 0.499. The van der Waals surface area contributed by atoms with E-state index in [9.17, 15) is 22.8 Å². The second-order valence-electron chi connectivity index (χ2n) is 7.21. The van der Waals surface area contributed by atoms with Gasteiger partial charge in [0.25, 0.3) is 5.91 Å². The Balaban J connectivity index is 1.74. The summed E-state index contributed by atoms with van der Waals surface area (Å²) in [5.74, 6) is -3.02. The molecule has 1 unspecified atom stereocenters. The van der Waals surface area contributed by atoms with Gasteiger partial charge in [0, 0.05) is 36.3 Å². The van der Waals surface area contributed by atoms with E-state index >= 15 is 0 Å². The summed E-state index contributed by atoms with van der Waals surface area (Å²) in [7, 11) is 0. The highest BCUT2D eigenvalue weighted by molar-refractivity contribution is 6.42. The van der Waals surface area contributed by atoms with Crippen LogP contribution in [0.5, 0.6) is 5.75 Å². The highest BCUT2D eigenvalue weighted by Crippen LogP contribution is 2.39. The van der Waals surface area contributed by atoms with Crippen molar-refractivity contribution < 1.29 is 27.5 Å². The van der Waals surface area contributed by atoms with Crippen LogP contribution in [-0.2, 0) is 4.79 Å². The molecule has 1 atom stereocenters. The third-order valence-electron chi connectivity index (χ3n) is 5.20. The fraction of sp³-hybridized carbons (Fsp3) is 0.333. The maximum atomic E-state index is 12.7. The molecule has 1 saturated heterocycles. The van der Waals surface area contributed by atoms with Gasteiger partial charge in [0.05, 0.1) is 10.0 Å². The summed E-state index contributed by atoms with van der Waals surface area (Å²) >= 11 is 11.9. The molecule has 1 heterocycles. The van der Waals surface area contributed by atoms with E-state index in [0.717, 1.165) is 6.07 Å². The molecule has 5 nitrogen and oxygen atoms in total. The lowest BCUT2D eigenvalue weighted by Gasteiger charge is -2.35. The zero-order valence-electron chi connectivity index (χ0n) is 16.2. The number of halogens is 5. The van der Waals surface area contributed by atoms with E-state index in [0.29, 0.717) is 31.5 Å². The maximum Gasteiger partial charge on any atom is 0.491 e. The third-order valence-corrected chi connectivity index (χ3v) is 5.92. The lowest BCUT2D eigenvalue weighted by atomic mass is 9.85. The number of hydrogen-bond donors (Lipinski definition) is 1. The number of esters is 1. The summed E-state index contributed by atoms with van der Waals surface area (Å²) in [6.07, 6.45) is -4.13. The molecular weight excluding hydrogens is 456 g/mol. The summed E-state index contributed by atoms with van der Waals surface area (Å²) in [6, 6.07) is 10.5. The second-order valence-corrected chi connectivity index (χ2v) is 8.03. The van der Waals surface area contributed by atoms with Gasteiger partial charge in [-0.2, -0.15) is 13.2 Å². The van der Waals surface area contributed by atoms with Crippen molar-refractivity contribution >= 4 is 35.1 Å². The van der Waals surface area contributed by atoms with E-state index < -0.39 is 18.2 Å². The molecule has 0 aromatic heterocycles. The predicted molar refractivity (Wildman–Crippen MR) is 110 cm³/mol. The lowest BCUT2D eigenvalue weighted by molar-refractivity contribution is -0.189. The molecule has 1 aliphatic heterocycles. The van der Waals surface area contributed by atoms with E-state index in [1.807, 2.05) is 6.07 Å². The fourth-order valence-electron chi connectivity index (χ4n) is 3.53. The van der Waals surface area contributed by atoms with Crippen LogP contribution in [0.25, 0.3) is 0 Å². The van der Waals surface area contributed by atoms with Crippen molar-refractivity contribution in [1.29, 1.82) is 0 Å². The molecule has 0 spiro atoms. The SMILES string of the molecule is NC(c1cc(Cl)c(Cl)cc1OC(=O)C(F)(F)F)C1CCN(C(=O)c2ccccc2)CC1. The van der Waals surface area contributed by atoms with Crippen LogP contribution in [0.1, 0.15) is 34.8 Å². The van der Waals surface area contributed by atoms with Crippen LogP contribution in [0.3, 0.4) is 0 Å². The summed E-state index contributed by atoms with van der Waals surface area (Å²) in [6.45, 7) is 0.871. The van der Waals surface area contributed by atoms with Crippen LogP contribution in [0.15, 0.2) is 42.5 Å². The van der Waals surface area contributed by atoms with Gasteiger partial charge in [0.15, 0.2) is 0 Å². The molecule has 0 bridgehead atoms. The number of ether oxygens (including phenoxy) is 1. The first-order valence-corrected chi connectivity index (χ1v) is 10.2. The molecular formula is C21H19Cl2F3N2O3. The molecule has 1 amide bonds. The number of rotatable bonds is 4. The molecule has 31 heavy (non-hydrogen) atoms. The molecule has 166 valence electrons. The first-order chi connectivity index (χ1) is 14.6. The highest BCUT2D eigenvalue weighted by atomic mass is 35.5. The van der Waals surface area contributed by atoms with Crippen LogP contribution >= 0.6 is 23.2 Å². The number of nitrogens with zero attached hydrogens (tertiary/aromatic N) is 1. The van der Waals surface area contributed by atoms with Crippen molar-refractivity contribution in [2.75, 3.05) is 13.1 Å². The van der Waals surface area contributed by atoms with Gasteiger partial charge in [0.1, 0.15) is 5.75 Å². The third kappa shape index (κ3) is 5.50. The number of benzene rings is 2. The Morgan fingerprint density at radius 3 is 2.23 bits per heavy atom. The Morgan fingerprint density at radius 1 is 1.06 bits per heavy atom. The van der Waals surface area contributed by atoms with Crippen molar-refractivity contribution in [3.63, 3.8) is 0 Å². The Morgan fingerprint density at radius 2 is 1.65 bits per heavy atom. The average Bonchev–Trinajstić information content (AvgIpc) is 2.75. The molecule has 2 N–H and O–H groups in total. The molecule has 1 aliphatic rings. The molecule has 1 fully saturated rings. The minimum absolute atomic E-state index is 0.0640. The van der Waals surface area contributed by atoms with E-state index in [1.165, 1.54) is 6.07 Å². The monoisotopic (exact) mass is 474 g/mol. The fourth-order valence-corrected chi connectivity index (χ4v) is 3.86. The number of likely N-dealkylation sites (tertiary alicyclic amines) is 1. The van der Waals surface area contributed by atoms with Crippen molar-refractivity contribution in [1.82, 2.24) is 4.90 Å². The Bertz CT molecular complexity index is 962. The van der Waals surface area contributed by atoms with Gasteiger partial charge < -0.3 is 15.4 Å². The van der Waals surface area contributed by atoms with Gasteiger partial charge in [-0.1, -0.05) is 41.4 Å². The van der Waals surface area contributed by atoms with Gasteiger partial charge in [0.2, 0.25) is 0 Å². The van der Waals surface area contributed by atoms with Crippen molar-refractivity contribution in [2.45, 2.75) is 25.1 Å². The zero-order valence-corrected chi connectivity index (χ0v) is 17.7. The predicted octanol–water partition coefficient (Wildman–Crippen LogP) is 5.01. The number of nitrogens with two attached hydrogens (primary N) is 1. The summed E-state index contributed by atoms with van der Waals surface area (Å²) in [4.78, 5) is 25.6. The van der Waals surface area contributed by atoms with Crippen LogP contribution in [0, 0.1) is 5.92 Å². The number of hydrogen-bond acceptors (Lipinski definition) is 4. The Kier molecular flexibility index (Phi) is 7.13. The van der Waals surface area contributed by atoms with Crippen molar-refractivity contribution in [3.05, 3.63) is 63.6 Å². The largest absolute Gasteiger partial charge is 0.491 e. The molecule has 3 rings (SSSR count). The lowest BCUT2D eigenvalue weighted by Crippen LogP contribution is -2.41. The summed E-state index contributed by atoms with van der Waals surface area (Å²) in [5, 5.41) is 0.0153. The first-order valence-electron chi connectivity index (χ1n) is 9.45. The summed E-state index contributed by atoms with van der Waals surface area (Å²) in [5.41, 5.74) is 7.06. The number of piperidine rings is 1. The van der Waals surface area contributed by atoms with Gasteiger partial charge in [-0.05, 0) is 37.0 Å². The standard InChI is InChI=1S/C21H19Cl2F3N2O3/c22-15-10-14(17(11-16(15)23)31-20(30)21(24,25)26)18(27)12-6-8-28(9-7-12)19(29)13-4-2-1-3-5-13/h1-5,10-12,18H,6-9,27H2. The topological polar surface area (TPSA) is 72.6 Å². The molecule has 0 radical (unpaired) electrons. The molecule has 2 aromatic rings. The number of amides is 1. The summed E-state index contributed by atoms with van der Waals surface area (Å²) < 4.78 is 42.5. The maximum absolute atomic E-state index is 12.7. The van der Waals surface area contributed by atoms with E-state index in [-0.39, 0.29) is 33.2 Å². The minimum Gasteiger partial charge on any atom is -0.419 e. The molecule has 10 heteroatoms. The molecule has 2 aromatic carbocycles. The Hall–Kier alpha value is -2.29. The minimum atomic E-state index is -5.17. The number of alkyl halides is 3. The zero-order chi connectivity index (χ0) is 22.8. The van der Waals surface area contributed by atoms with Crippen molar-refractivity contribution in [2.24, 2.45) is 11.7 Å². The van der Waals surface area contributed by atoms with Crippen LogP contribution in [0.2, 0.25) is 10.0 Å². The van der Waals surface area contributed by atoms with Crippen LogP contribution in [-0.4, -0.2) is 36.0 Å². The van der Waals surface area contributed by atoms with Crippen LogP contribution < -0.4 is 10.5 Å². The smallest absolute Gasteiger partial charge is 0.419 e. The highest BCUT2D eigenvalue weighted by Gasteiger charge is 2.42. The molecule has 0 aliphatic carbocycles. The van der Waals surface area contributed by atoms with E-state index in [2.05, 4.69) is 4.74 Å².